The zero-order valence-corrected chi connectivity index (χ0v) is 12.7. The van der Waals surface area contributed by atoms with Gasteiger partial charge in [-0.2, -0.15) is 0 Å². The molecule has 106 valence electrons. The largest absolute Gasteiger partial charge is 0.508 e. The first-order valence-electron chi connectivity index (χ1n) is 6.89. The van der Waals surface area contributed by atoms with Crippen LogP contribution in [0.4, 0.5) is 5.69 Å². The summed E-state index contributed by atoms with van der Waals surface area (Å²) < 4.78 is 0. The summed E-state index contributed by atoms with van der Waals surface area (Å²) in [5.41, 5.74) is 4.43. The van der Waals surface area contributed by atoms with E-state index in [0.717, 1.165) is 17.8 Å². The van der Waals surface area contributed by atoms with Crippen LogP contribution >= 0.6 is 11.3 Å². The predicted molar refractivity (Wildman–Crippen MR) is 89.9 cm³/mol. The maximum Gasteiger partial charge on any atom is 0.118 e. The molecule has 2 N–H and O–H groups in total. The average molecular weight is 295 g/mol. The van der Waals surface area contributed by atoms with Gasteiger partial charge in [0.15, 0.2) is 0 Å². The monoisotopic (exact) mass is 295 g/mol. The molecule has 1 heterocycles. The summed E-state index contributed by atoms with van der Waals surface area (Å²) >= 11 is 1.76. The summed E-state index contributed by atoms with van der Waals surface area (Å²) in [6, 6.07) is 18.2. The lowest BCUT2D eigenvalue weighted by Gasteiger charge is -2.06. The van der Waals surface area contributed by atoms with E-state index in [1.54, 1.807) is 17.4 Å². The van der Waals surface area contributed by atoms with E-state index < -0.39 is 0 Å². The smallest absolute Gasteiger partial charge is 0.118 e. The fourth-order valence-corrected chi connectivity index (χ4v) is 3.04. The molecule has 0 bridgehead atoms. The Morgan fingerprint density at radius 1 is 1.00 bits per heavy atom. The van der Waals surface area contributed by atoms with Crippen LogP contribution in [0.1, 0.15) is 10.4 Å². The molecule has 0 amide bonds. The van der Waals surface area contributed by atoms with E-state index in [2.05, 4.69) is 41.0 Å². The zero-order chi connectivity index (χ0) is 14.7. The summed E-state index contributed by atoms with van der Waals surface area (Å²) in [7, 11) is 0. The Labute approximate surface area is 128 Å². The molecule has 0 fully saturated rings. The first-order chi connectivity index (χ1) is 10.2. The van der Waals surface area contributed by atoms with E-state index in [1.165, 1.54) is 16.0 Å². The SMILES string of the molecule is Cc1cc(NCc2cc(-c3ccccc3)cs2)ccc1O. The Hall–Kier alpha value is -2.26. The third-order valence-corrected chi connectivity index (χ3v) is 4.36. The van der Waals surface area contributed by atoms with Crippen molar-refractivity contribution in [2.24, 2.45) is 0 Å². The van der Waals surface area contributed by atoms with Crippen LogP contribution < -0.4 is 5.32 Å². The second-order valence-electron chi connectivity index (χ2n) is 5.02. The van der Waals surface area contributed by atoms with Gasteiger partial charge in [0.25, 0.3) is 0 Å². The summed E-state index contributed by atoms with van der Waals surface area (Å²) in [5, 5.41) is 15.1. The highest BCUT2D eigenvalue weighted by atomic mass is 32.1. The number of phenols is 1. The van der Waals surface area contributed by atoms with Crippen LogP contribution in [-0.4, -0.2) is 5.11 Å². The summed E-state index contributed by atoms with van der Waals surface area (Å²) in [6.45, 7) is 2.70. The van der Waals surface area contributed by atoms with Crippen molar-refractivity contribution >= 4 is 17.0 Å². The van der Waals surface area contributed by atoms with Gasteiger partial charge < -0.3 is 10.4 Å². The quantitative estimate of drug-likeness (QED) is 0.661. The van der Waals surface area contributed by atoms with E-state index in [-0.39, 0.29) is 0 Å². The molecule has 0 saturated carbocycles. The Kier molecular flexibility index (Phi) is 3.93. The van der Waals surface area contributed by atoms with E-state index >= 15 is 0 Å². The van der Waals surface area contributed by atoms with Gasteiger partial charge in [-0.3, -0.25) is 0 Å². The van der Waals surface area contributed by atoms with Crippen molar-refractivity contribution in [3.63, 3.8) is 0 Å². The molecule has 21 heavy (non-hydrogen) atoms. The van der Waals surface area contributed by atoms with Crippen molar-refractivity contribution in [3.05, 3.63) is 70.4 Å². The number of thiophene rings is 1. The van der Waals surface area contributed by atoms with Gasteiger partial charge in [0.1, 0.15) is 5.75 Å². The van der Waals surface area contributed by atoms with Crippen molar-refractivity contribution in [1.82, 2.24) is 0 Å². The van der Waals surface area contributed by atoms with E-state index in [9.17, 15) is 5.11 Å². The molecule has 0 saturated heterocycles. The van der Waals surface area contributed by atoms with Gasteiger partial charge in [-0.25, -0.2) is 0 Å². The molecule has 0 aliphatic heterocycles. The highest BCUT2D eigenvalue weighted by Crippen LogP contribution is 2.26. The zero-order valence-electron chi connectivity index (χ0n) is 11.8. The number of anilines is 1. The highest BCUT2D eigenvalue weighted by Gasteiger charge is 2.03. The molecule has 3 rings (SSSR count). The molecule has 0 aliphatic carbocycles. The number of benzene rings is 2. The molecule has 0 spiro atoms. The fraction of sp³-hybridized carbons (Fsp3) is 0.111. The molecule has 2 aromatic carbocycles. The summed E-state index contributed by atoms with van der Waals surface area (Å²) in [5.74, 6) is 0.336. The number of aryl methyl sites for hydroxylation is 1. The first-order valence-corrected chi connectivity index (χ1v) is 7.76. The minimum atomic E-state index is 0.336. The van der Waals surface area contributed by atoms with E-state index in [0.29, 0.717) is 5.75 Å². The van der Waals surface area contributed by atoms with Crippen LogP contribution in [0.3, 0.4) is 0 Å². The third kappa shape index (κ3) is 3.26. The van der Waals surface area contributed by atoms with Crippen LogP contribution in [0, 0.1) is 6.92 Å². The molecule has 1 aromatic heterocycles. The summed E-state index contributed by atoms with van der Waals surface area (Å²) in [4.78, 5) is 1.29. The Balaban J connectivity index is 1.69. The first kappa shape index (κ1) is 13.7. The second kappa shape index (κ2) is 6.02. The van der Waals surface area contributed by atoms with Gasteiger partial charge in [-0.1, -0.05) is 30.3 Å². The molecular formula is C18H17NOS. The number of hydrogen-bond acceptors (Lipinski definition) is 3. The van der Waals surface area contributed by atoms with Crippen LogP contribution in [-0.2, 0) is 6.54 Å². The van der Waals surface area contributed by atoms with E-state index in [4.69, 9.17) is 0 Å². The molecule has 0 radical (unpaired) electrons. The van der Waals surface area contributed by atoms with Gasteiger partial charge in [0.2, 0.25) is 0 Å². The van der Waals surface area contributed by atoms with Crippen molar-refractivity contribution in [2.75, 3.05) is 5.32 Å². The number of rotatable bonds is 4. The molecule has 2 nitrogen and oxygen atoms in total. The molecular weight excluding hydrogens is 278 g/mol. The third-order valence-electron chi connectivity index (χ3n) is 3.42. The molecule has 0 atom stereocenters. The minimum Gasteiger partial charge on any atom is -0.508 e. The Morgan fingerprint density at radius 3 is 2.57 bits per heavy atom. The van der Waals surface area contributed by atoms with E-state index in [1.807, 2.05) is 25.1 Å². The maximum atomic E-state index is 9.53. The van der Waals surface area contributed by atoms with Crippen LogP contribution in [0.2, 0.25) is 0 Å². The molecule has 0 unspecified atom stereocenters. The van der Waals surface area contributed by atoms with Crippen LogP contribution in [0.15, 0.2) is 60.0 Å². The number of aromatic hydroxyl groups is 1. The van der Waals surface area contributed by atoms with Gasteiger partial charge >= 0.3 is 0 Å². The number of phenolic OH excluding ortho intramolecular Hbond substituents is 1. The van der Waals surface area contributed by atoms with Crippen LogP contribution in [0.25, 0.3) is 11.1 Å². The molecule has 3 heteroatoms. The van der Waals surface area contributed by atoms with Gasteiger partial charge in [0, 0.05) is 17.1 Å². The molecule has 3 aromatic rings. The highest BCUT2D eigenvalue weighted by molar-refractivity contribution is 7.10. The second-order valence-corrected chi connectivity index (χ2v) is 6.02. The Bertz CT molecular complexity index is 734. The topological polar surface area (TPSA) is 32.3 Å². The van der Waals surface area contributed by atoms with Crippen molar-refractivity contribution < 1.29 is 5.11 Å². The van der Waals surface area contributed by atoms with Crippen molar-refractivity contribution in [2.45, 2.75) is 13.5 Å². The lowest BCUT2D eigenvalue weighted by molar-refractivity contribution is 0.471. The van der Waals surface area contributed by atoms with Gasteiger partial charge in [-0.15, -0.1) is 11.3 Å². The van der Waals surface area contributed by atoms with Crippen molar-refractivity contribution in [1.29, 1.82) is 0 Å². The fourth-order valence-electron chi connectivity index (χ4n) is 2.21. The number of hydrogen-bond donors (Lipinski definition) is 2. The standard InChI is InChI=1S/C18H17NOS/c1-13-9-16(7-8-18(13)20)19-11-17-10-15(12-21-17)14-5-3-2-4-6-14/h2-10,12,19-20H,11H2,1H3. The number of nitrogens with one attached hydrogen (secondary N) is 1. The lowest BCUT2D eigenvalue weighted by atomic mass is 10.1. The minimum absolute atomic E-state index is 0.336. The Morgan fingerprint density at radius 2 is 1.81 bits per heavy atom. The lowest BCUT2D eigenvalue weighted by Crippen LogP contribution is -1.97. The predicted octanol–water partition coefficient (Wildman–Crippen LogP) is 5.04. The van der Waals surface area contributed by atoms with Crippen molar-refractivity contribution in [3.8, 4) is 16.9 Å². The van der Waals surface area contributed by atoms with Gasteiger partial charge in [0.05, 0.1) is 0 Å². The average Bonchev–Trinajstić information content (AvgIpc) is 2.98. The maximum absolute atomic E-state index is 9.53. The van der Waals surface area contributed by atoms with Gasteiger partial charge in [-0.05, 0) is 53.3 Å². The normalized spacial score (nSPS) is 10.5. The molecule has 0 aliphatic rings. The van der Waals surface area contributed by atoms with Crippen LogP contribution in [0.5, 0.6) is 5.75 Å². The summed E-state index contributed by atoms with van der Waals surface area (Å²) in [6.07, 6.45) is 0.